The number of ether oxygens (including phenoxy) is 1. The minimum absolute atomic E-state index is 0.251. The van der Waals surface area contributed by atoms with Crippen LogP contribution >= 0.6 is 15.9 Å². The number of primary amides is 1. The van der Waals surface area contributed by atoms with Crippen LogP contribution in [0.3, 0.4) is 0 Å². The summed E-state index contributed by atoms with van der Waals surface area (Å²) in [7, 11) is 0. The average Bonchev–Trinajstić information content (AvgIpc) is 2.96. The maximum atomic E-state index is 12.4. The summed E-state index contributed by atoms with van der Waals surface area (Å²) in [6.07, 6.45) is 2.61. The van der Waals surface area contributed by atoms with Gasteiger partial charge in [-0.05, 0) is 37.8 Å². The van der Waals surface area contributed by atoms with Gasteiger partial charge in [0.05, 0.1) is 0 Å². The molecule has 3 rings (SSSR count). The first kappa shape index (κ1) is 15.7. The number of rotatable bonds is 4. The van der Waals surface area contributed by atoms with Gasteiger partial charge in [0, 0.05) is 21.3 Å². The Morgan fingerprint density at radius 3 is 2.83 bits per heavy atom. The number of nitrogens with one attached hydrogen (secondary N) is 1. The highest BCUT2D eigenvalue weighted by molar-refractivity contribution is 9.10. The number of carbonyl (C=O) groups excluding carboxylic acids is 2. The molecular formula is C16H16BrN3O3. The summed E-state index contributed by atoms with van der Waals surface area (Å²) >= 11 is 3.32. The van der Waals surface area contributed by atoms with E-state index in [2.05, 4.69) is 26.1 Å². The lowest BCUT2D eigenvalue weighted by molar-refractivity contribution is -0.127. The molecule has 1 amide bonds. The Balaban J connectivity index is 1.85. The largest absolute Gasteiger partial charge is 0.443 e. The first-order chi connectivity index (χ1) is 11.1. The van der Waals surface area contributed by atoms with E-state index in [4.69, 9.17) is 10.5 Å². The zero-order valence-electron chi connectivity index (χ0n) is 12.3. The minimum atomic E-state index is -1.14. The molecule has 1 aliphatic carbocycles. The molecule has 1 aromatic heterocycles. The third-order valence-corrected chi connectivity index (χ3v) is 4.38. The van der Waals surface area contributed by atoms with Crippen LogP contribution in [-0.2, 0) is 22.4 Å². The molecule has 1 heterocycles. The van der Waals surface area contributed by atoms with Gasteiger partial charge in [0.1, 0.15) is 0 Å². The van der Waals surface area contributed by atoms with E-state index in [1.807, 2.05) is 6.07 Å². The molecule has 0 spiro atoms. The topological polar surface area (TPSA) is 98.1 Å². The second-order valence-corrected chi connectivity index (χ2v) is 6.39. The predicted molar refractivity (Wildman–Crippen MR) is 86.7 cm³/mol. The van der Waals surface area contributed by atoms with Crippen molar-refractivity contribution in [3.05, 3.63) is 51.3 Å². The molecule has 1 aliphatic rings. The second-order valence-electron chi connectivity index (χ2n) is 5.48. The van der Waals surface area contributed by atoms with E-state index in [0.717, 1.165) is 41.4 Å². The van der Waals surface area contributed by atoms with E-state index >= 15 is 0 Å². The Bertz CT molecular complexity index is 757. The molecule has 3 N–H and O–H groups in total. The Hall–Kier alpha value is -2.15. The van der Waals surface area contributed by atoms with Crippen LogP contribution in [0.1, 0.15) is 46.3 Å². The fraction of sp³-hybridized carbons (Fsp3) is 0.312. The van der Waals surface area contributed by atoms with E-state index < -0.39 is 18.0 Å². The van der Waals surface area contributed by atoms with Gasteiger partial charge in [-0.1, -0.05) is 28.1 Å². The molecule has 0 saturated carbocycles. The fourth-order valence-electron chi connectivity index (χ4n) is 2.77. The molecule has 2 aromatic rings. The summed E-state index contributed by atoms with van der Waals surface area (Å²) in [6.45, 7) is 0. The van der Waals surface area contributed by atoms with E-state index in [1.165, 1.54) is 0 Å². The average molecular weight is 378 g/mol. The lowest BCUT2D eigenvalue weighted by Crippen LogP contribution is -2.26. The molecular weight excluding hydrogens is 362 g/mol. The zero-order chi connectivity index (χ0) is 16.4. The number of nitrogens with zero attached hydrogens (tertiary/aromatic N) is 1. The van der Waals surface area contributed by atoms with Crippen molar-refractivity contribution in [3.8, 4) is 0 Å². The van der Waals surface area contributed by atoms with Crippen LogP contribution in [0.15, 0.2) is 28.7 Å². The van der Waals surface area contributed by atoms with Crippen molar-refractivity contribution in [2.45, 2.75) is 31.8 Å². The van der Waals surface area contributed by atoms with Gasteiger partial charge in [0.2, 0.25) is 6.10 Å². The second kappa shape index (κ2) is 6.54. The number of H-pyrrole nitrogens is 1. The lowest BCUT2D eigenvalue weighted by Gasteiger charge is -2.16. The summed E-state index contributed by atoms with van der Waals surface area (Å²) in [4.78, 5) is 24.1. The Morgan fingerprint density at radius 2 is 2.09 bits per heavy atom. The quantitative estimate of drug-likeness (QED) is 0.799. The number of aromatic nitrogens is 2. The summed E-state index contributed by atoms with van der Waals surface area (Å²) in [5, 5.41) is 6.94. The minimum Gasteiger partial charge on any atom is -0.443 e. The van der Waals surface area contributed by atoms with Crippen molar-refractivity contribution in [3.63, 3.8) is 0 Å². The first-order valence-corrected chi connectivity index (χ1v) is 8.17. The zero-order valence-corrected chi connectivity index (χ0v) is 13.9. The number of carbonyl (C=O) groups is 2. The van der Waals surface area contributed by atoms with Crippen LogP contribution in [0, 0.1) is 0 Å². The third-order valence-electron chi connectivity index (χ3n) is 3.88. The van der Waals surface area contributed by atoms with Crippen LogP contribution in [0.25, 0.3) is 0 Å². The molecule has 23 heavy (non-hydrogen) atoms. The number of benzene rings is 1. The lowest BCUT2D eigenvalue weighted by atomic mass is 9.96. The maximum absolute atomic E-state index is 12.4. The normalized spacial score (nSPS) is 14.8. The van der Waals surface area contributed by atoms with E-state index in [1.54, 1.807) is 18.2 Å². The van der Waals surface area contributed by atoms with Crippen molar-refractivity contribution in [2.24, 2.45) is 5.73 Å². The van der Waals surface area contributed by atoms with Crippen LogP contribution in [0.2, 0.25) is 0 Å². The van der Waals surface area contributed by atoms with Gasteiger partial charge in [0.15, 0.2) is 5.69 Å². The summed E-state index contributed by atoms with van der Waals surface area (Å²) in [5.41, 5.74) is 8.03. The number of aromatic amines is 1. The highest BCUT2D eigenvalue weighted by atomic mass is 79.9. The number of nitrogens with two attached hydrogens (primary N) is 1. The first-order valence-electron chi connectivity index (χ1n) is 7.38. The third kappa shape index (κ3) is 3.29. The van der Waals surface area contributed by atoms with Crippen LogP contribution in [-0.4, -0.2) is 22.1 Å². The van der Waals surface area contributed by atoms with Gasteiger partial charge >= 0.3 is 5.97 Å². The number of hydrogen-bond acceptors (Lipinski definition) is 4. The Morgan fingerprint density at radius 1 is 1.30 bits per heavy atom. The summed E-state index contributed by atoms with van der Waals surface area (Å²) in [5.74, 6) is -1.35. The molecule has 0 radical (unpaired) electrons. The molecule has 7 heteroatoms. The van der Waals surface area contributed by atoms with Gasteiger partial charge in [0.25, 0.3) is 5.91 Å². The van der Waals surface area contributed by atoms with Crippen LogP contribution < -0.4 is 5.73 Å². The number of amides is 1. The molecule has 1 unspecified atom stereocenters. The van der Waals surface area contributed by atoms with E-state index in [-0.39, 0.29) is 5.69 Å². The molecule has 120 valence electrons. The van der Waals surface area contributed by atoms with Gasteiger partial charge in [-0.3, -0.25) is 9.89 Å². The smallest absolute Gasteiger partial charge is 0.360 e. The highest BCUT2D eigenvalue weighted by Crippen LogP contribution is 2.26. The number of halogens is 1. The number of esters is 1. The standard InChI is InChI=1S/C16H16BrN3O3/c17-10-5-3-4-9(8-10)14(15(18)21)23-16(22)13-11-6-1-2-7-12(11)19-20-13/h3-5,8,14H,1-2,6-7H2,(H2,18,21)(H,19,20). The van der Waals surface area contributed by atoms with Crippen molar-refractivity contribution < 1.29 is 14.3 Å². The number of fused-ring (bicyclic) bond motifs is 1. The molecule has 1 atom stereocenters. The Kier molecular flexibility index (Phi) is 4.47. The highest BCUT2D eigenvalue weighted by Gasteiger charge is 2.28. The van der Waals surface area contributed by atoms with Crippen molar-refractivity contribution >= 4 is 27.8 Å². The van der Waals surface area contributed by atoms with Crippen LogP contribution in [0.5, 0.6) is 0 Å². The molecule has 0 saturated heterocycles. The monoisotopic (exact) mass is 377 g/mol. The van der Waals surface area contributed by atoms with Gasteiger partial charge in [-0.15, -0.1) is 0 Å². The van der Waals surface area contributed by atoms with E-state index in [0.29, 0.717) is 5.56 Å². The predicted octanol–water partition coefficient (Wildman–Crippen LogP) is 2.43. The van der Waals surface area contributed by atoms with Gasteiger partial charge in [-0.25, -0.2) is 4.79 Å². The number of aryl methyl sites for hydroxylation is 1. The van der Waals surface area contributed by atoms with Gasteiger partial charge < -0.3 is 10.5 Å². The maximum Gasteiger partial charge on any atom is 0.360 e. The molecule has 6 nitrogen and oxygen atoms in total. The SMILES string of the molecule is NC(=O)C(OC(=O)c1n[nH]c2c1CCCC2)c1cccc(Br)c1. The van der Waals surface area contributed by atoms with Crippen LogP contribution in [0.4, 0.5) is 0 Å². The fourth-order valence-corrected chi connectivity index (χ4v) is 3.19. The number of hydrogen-bond donors (Lipinski definition) is 2. The van der Waals surface area contributed by atoms with E-state index in [9.17, 15) is 9.59 Å². The molecule has 0 fully saturated rings. The van der Waals surface area contributed by atoms with Gasteiger partial charge in [-0.2, -0.15) is 5.10 Å². The van der Waals surface area contributed by atoms with Crippen molar-refractivity contribution in [2.75, 3.05) is 0 Å². The summed E-state index contributed by atoms with van der Waals surface area (Å²) in [6, 6.07) is 6.95. The van der Waals surface area contributed by atoms with Crippen molar-refractivity contribution in [1.29, 1.82) is 0 Å². The Labute approximate surface area is 141 Å². The molecule has 1 aromatic carbocycles. The molecule has 0 aliphatic heterocycles. The molecule has 0 bridgehead atoms. The summed E-state index contributed by atoms with van der Waals surface area (Å²) < 4.78 is 6.12. The van der Waals surface area contributed by atoms with Crippen molar-refractivity contribution in [1.82, 2.24) is 10.2 Å².